The van der Waals surface area contributed by atoms with Gasteiger partial charge in [0, 0.05) is 43.5 Å². The van der Waals surface area contributed by atoms with Crippen LogP contribution in [0.4, 0.5) is 0 Å². The Kier molecular flexibility index (Phi) is 3.80. The number of β-amino-alcohol motifs (C(OH)–C–C–N with tert-alkyl or cyclic N) is 1. The fourth-order valence-corrected chi connectivity index (χ4v) is 3.67. The number of likely N-dealkylation sites (tertiary alicyclic amines) is 1. The molecule has 1 aliphatic rings. The van der Waals surface area contributed by atoms with Crippen molar-refractivity contribution >= 4 is 16.8 Å². The molecule has 4 rings (SSSR count). The number of para-hydroxylation sites is 1. The second-order valence-corrected chi connectivity index (χ2v) is 6.73. The first-order valence-corrected chi connectivity index (χ1v) is 8.46. The number of nitrogens with zero attached hydrogens (tertiary/aromatic N) is 4. The summed E-state index contributed by atoms with van der Waals surface area (Å²) in [5.74, 6) is 0.0624. The highest BCUT2D eigenvalue weighted by Crippen LogP contribution is 2.30. The van der Waals surface area contributed by atoms with Gasteiger partial charge in [-0.05, 0) is 18.1 Å². The van der Waals surface area contributed by atoms with Crippen LogP contribution in [-0.4, -0.2) is 49.0 Å². The summed E-state index contributed by atoms with van der Waals surface area (Å²) >= 11 is 0. The Balaban J connectivity index is 1.43. The molecule has 2 N–H and O–H groups in total. The molecule has 0 aliphatic carbocycles. The predicted octanol–water partition coefficient (Wildman–Crippen LogP) is 1.35. The highest BCUT2D eigenvalue weighted by atomic mass is 16.3. The van der Waals surface area contributed by atoms with Crippen molar-refractivity contribution in [3.8, 4) is 0 Å². The molecular weight excluding hydrogens is 318 g/mol. The Labute approximate surface area is 145 Å². The van der Waals surface area contributed by atoms with E-state index in [0.29, 0.717) is 31.5 Å². The third-order valence-electron chi connectivity index (χ3n) is 5.08. The summed E-state index contributed by atoms with van der Waals surface area (Å²) in [5.41, 5.74) is 1.75. The molecule has 0 saturated carbocycles. The van der Waals surface area contributed by atoms with Crippen LogP contribution >= 0.6 is 0 Å². The van der Waals surface area contributed by atoms with Gasteiger partial charge in [0.05, 0.1) is 12.7 Å². The van der Waals surface area contributed by atoms with E-state index in [4.69, 9.17) is 0 Å². The van der Waals surface area contributed by atoms with Crippen molar-refractivity contribution in [1.82, 2.24) is 24.9 Å². The number of rotatable bonds is 4. The van der Waals surface area contributed by atoms with Crippen LogP contribution in [0.3, 0.4) is 0 Å². The molecule has 0 radical (unpaired) electrons. The monoisotopic (exact) mass is 339 g/mol. The van der Waals surface area contributed by atoms with E-state index < -0.39 is 5.60 Å². The Morgan fingerprint density at radius 1 is 1.40 bits per heavy atom. The van der Waals surface area contributed by atoms with E-state index in [1.54, 1.807) is 4.90 Å². The predicted molar refractivity (Wildman–Crippen MR) is 92.7 cm³/mol. The zero-order valence-corrected chi connectivity index (χ0v) is 14.1. The first-order chi connectivity index (χ1) is 12.1. The molecule has 0 bridgehead atoms. The maximum atomic E-state index is 12.6. The molecule has 7 nitrogen and oxygen atoms in total. The summed E-state index contributed by atoms with van der Waals surface area (Å²) < 4.78 is 2.09. The van der Waals surface area contributed by atoms with Crippen LogP contribution in [0.5, 0.6) is 0 Å². The molecule has 1 aliphatic heterocycles. The molecular formula is C18H21N5O2. The van der Waals surface area contributed by atoms with Crippen molar-refractivity contribution in [2.75, 3.05) is 13.1 Å². The van der Waals surface area contributed by atoms with E-state index in [-0.39, 0.29) is 12.5 Å². The van der Waals surface area contributed by atoms with Crippen LogP contribution in [0.1, 0.15) is 24.1 Å². The molecule has 7 heteroatoms. The number of H-pyrrole nitrogens is 1. The van der Waals surface area contributed by atoms with E-state index in [2.05, 4.69) is 38.3 Å². The molecule has 1 saturated heterocycles. The topological polar surface area (TPSA) is 87.0 Å². The van der Waals surface area contributed by atoms with Gasteiger partial charge in [-0.2, -0.15) is 15.4 Å². The highest BCUT2D eigenvalue weighted by Gasteiger charge is 2.41. The molecule has 2 aromatic heterocycles. The van der Waals surface area contributed by atoms with Crippen LogP contribution in [0, 0.1) is 0 Å². The minimum Gasteiger partial charge on any atom is -0.381 e. The Morgan fingerprint density at radius 2 is 2.24 bits per heavy atom. The number of nitrogens with one attached hydrogen (secondary N) is 1. The summed E-state index contributed by atoms with van der Waals surface area (Å²) in [6.07, 6.45) is 5.22. The van der Waals surface area contributed by atoms with Crippen molar-refractivity contribution in [3.05, 3.63) is 47.9 Å². The van der Waals surface area contributed by atoms with Gasteiger partial charge < -0.3 is 14.6 Å². The average Bonchev–Trinajstić information content (AvgIpc) is 3.34. The molecule has 3 heterocycles. The number of amides is 1. The van der Waals surface area contributed by atoms with Gasteiger partial charge in [0.25, 0.3) is 0 Å². The van der Waals surface area contributed by atoms with Gasteiger partial charge in [0.1, 0.15) is 11.3 Å². The average molecular weight is 339 g/mol. The Hall–Kier alpha value is -2.67. The normalized spacial score (nSPS) is 20.5. The quantitative estimate of drug-likeness (QED) is 0.751. The summed E-state index contributed by atoms with van der Waals surface area (Å²) in [5, 5.41) is 22.1. The Morgan fingerprint density at radius 3 is 3.04 bits per heavy atom. The highest BCUT2D eigenvalue weighted by molar-refractivity contribution is 5.85. The van der Waals surface area contributed by atoms with Gasteiger partial charge in [-0.25, -0.2) is 0 Å². The zero-order chi connectivity index (χ0) is 17.4. The maximum Gasteiger partial charge on any atom is 0.223 e. The van der Waals surface area contributed by atoms with Gasteiger partial charge in [-0.3, -0.25) is 4.79 Å². The molecule has 1 aromatic carbocycles. The van der Waals surface area contributed by atoms with Gasteiger partial charge >= 0.3 is 0 Å². The van der Waals surface area contributed by atoms with Crippen LogP contribution < -0.4 is 0 Å². The van der Waals surface area contributed by atoms with E-state index >= 15 is 0 Å². The van der Waals surface area contributed by atoms with Crippen molar-refractivity contribution in [2.24, 2.45) is 7.05 Å². The van der Waals surface area contributed by atoms with Crippen LogP contribution in [0.15, 0.2) is 36.7 Å². The van der Waals surface area contributed by atoms with Gasteiger partial charge in [-0.15, -0.1) is 0 Å². The largest absolute Gasteiger partial charge is 0.381 e. The summed E-state index contributed by atoms with van der Waals surface area (Å²) in [7, 11) is 2.02. The molecule has 1 fully saturated rings. The molecule has 130 valence electrons. The van der Waals surface area contributed by atoms with Crippen molar-refractivity contribution in [3.63, 3.8) is 0 Å². The van der Waals surface area contributed by atoms with Crippen molar-refractivity contribution in [2.45, 2.75) is 24.9 Å². The first kappa shape index (κ1) is 15.8. The number of carbonyl (C=O) groups is 1. The minimum absolute atomic E-state index is 0.0624. The third kappa shape index (κ3) is 2.80. The number of aliphatic hydroxyl groups is 1. The first-order valence-electron chi connectivity index (χ1n) is 8.46. The summed E-state index contributed by atoms with van der Waals surface area (Å²) in [6.45, 7) is 0.811. The van der Waals surface area contributed by atoms with Gasteiger partial charge in [0.15, 0.2) is 0 Å². The lowest BCUT2D eigenvalue weighted by Gasteiger charge is -2.21. The molecule has 1 amide bonds. The Bertz CT molecular complexity index is 901. The van der Waals surface area contributed by atoms with E-state index in [0.717, 1.165) is 0 Å². The number of hydrogen-bond donors (Lipinski definition) is 2. The third-order valence-corrected chi connectivity index (χ3v) is 5.08. The van der Waals surface area contributed by atoms with Crippen LogP contribution in [0.2, 0.25) is 0 Å². The molecule has 3 aromatic rings. The van der Waals surface area contributed by atoms with E-state index in [1.807, 2.05) is 19.2 Å². The lowest BCUT2D eigenvalue weighted by atomic mass is 10.00. The van der Waals surface area contributed by atoms with Gasteiger partial charge in [-0.1, -0.05) is 18.2 Å². The van der Waals surface area contributed by atoms with Gasteiger partial charge in [0.2, 0.25) is 5.91 Å². The second-order valence-electron chi connectivity index (χ2n) is 6.73. The summed E-state index contributed by atoms with van der Waals surface area (Å²) in [4.78, 5) is 14.3. The van der Waals surface area contributed by atoms with E-state index in [9.17, 15) is 9.90 Å². The molecule has 25 heavy (non-hydrogen) atoms. The lowest BCUT2D eigenvalue weighted by molar-refractivity contribution is -0.131. The summed E-state index contributed by atoms with van der Waals surface area (Å²) in [6, 6.07) is 8.21. The SMILES string of the molecule is Cn1cc(CCC(=O)N2CCC(O)(c3cn[nH]n3)C2)c2ccccc21. The second kappa shape index (κ2) is 6.00. The maximum absolute atomic E-state index is 12.6. The smallest absolute Gasteiger partial charge is 0.223 e. The number of aromatic amines is 1. The zero-order valence-electron chi connectivity index (χ0n) is 14.1. The number of benzene rings is 1. The number of hydrogen-bond acceptors (Lipinski definition) is 4. The van der Waals surface area contributed by atoms with Crippen molar-refractivity contribution < 1.29 is 9.90 Å². The number of carbonyl (C=O) groups excluding carboxylic acids is 1. The van der Waals surface area contributed by atoms with Crippen molar-refractivity contribution in [1.29, 1.82) is 0 Å². The van der Waals surface area contributed by atoms with Crippen LogP contribution in [0.25, 0.3) is 10.9 Å². The van der Waals surface area contributed by atoms with Crippen LogP contribution in [-0.2, 0) is 23.9 Å². The fourth-order valence-electron chi connectivity index (χ4n) is 3.67. The lowest BCUT2D eigenvalue weighted by Crippen LogP contribution is -2.34. The standard InChI is InChI=1S/C18H21N5O2/c1-22-11-13(14-4-2-3-5-15(14)22)6-7-17(24)23-9-8-18(25,12-23)16-10-19-21-20-16/h2-5,10-11,25H,6-9,12H2,1H3,(H,19,20,21). The minimum atomic E-state index is -1.10. The fraction of sp³-hybridized carbons (Fsp3) is 0.389. The molecule has 1 atom stereocenters. The number of aromatic nitrogens is 4. The number of aryl methyl sites for hydroxylation is 2. The molecule has 1 unspecified atom stereocenters. The molecule has 0 spiro atoms. The number of fused-ring (bicyclic) bond motifs is 1. The van der Waals surface area contributed by atoms with E-state index in [1.165, 1.54) is 22.7 Å².